The third kappa shape index (κ3) is 12.3. The highest BCUT2D eigenvalue weighted by molar-refractivity contribution is 6.08. The van der Waals surface area contributed by atoms with Crippen LogP contribution in [0.2, 0.25) is 0 Å². The van der Waals surface area contributed by atoms with Gasteiger partial charge in [0.1, 0.15) is 19.0 Å². The Labute approximate surface area is 306 Å². The molecule has 0 fully saturated rings. The highest BCUT2D eigenvalue weighted by Gasteiger charge is 2.21. The molecule has 0 unspecified atom stereocenters. The fraction of sp³-hybridized carbons (Fsp3) is 0.297. The third-order valence-corrected chi connectivity index (χ3v) is 7.70. The van der Waals surface area contributed by atoms with Gasteiger partial charge in [-0.1, -0.05) is 32.0 Å². The van der Waals surface area contributed by atoms with Gasteiger partial charge in [-0.2, -0.15) is 0 Å². The number of hydrogen-bond donors (Lipinski definition) is 6. The van der Waals surface area contributed by atoms with Crippen molar-refractivity contribution in [1.82, 2.24) is 25.8 Å². The number of benzene rings is 2. The number of aliphatic imine (C=N–C) groups is 1. The van der Waals surface area contributed by atoms with E-state index < -0.39 is 23.8 Å². The monoisotopic (exact) mass is 725 g/mol. The lowest BCUT2D eigenvalue weighted by molar-refractivity contribution is -0.127. The smallest absolute Gasteiger partial charge is 0.407 e. The second-order valence-electron chi connectivity index (χ2n) is 12.0. The molecule has 16 nitrogen and oxygen atoms in total. The van der Waals surface area contributed by atoms with E-state index in [0.29, 0.717) is 64.4 Å². The molecule has 16 heteroatoms. The van der Waals surface area contributed by atoms with Crippen molar-refractivity contribution in [3.8, 4) is 0 Å². The predicted octanol–water partition coefficient (Wildman–Crippen LogP) is 2.99. The SMILES string of the molecule is CCCN(CCC)C(=O)C1=Cc2ccc(C(=O)Nc3cncc(CNC(=O)CNC(=O)OCc4ccc(NC(=O)CNC=O)cc4)c3)cc2N=C(N)C1. The topological polar surface area (TPSA) is 226 Å². The summed E-state index contributed by atoms with van der Waals surface area (Å²) in [5, 5.41) is 12.7. The van der Waals surface area contributed by atoms with E-state index in [0.717, 1.165) is 12.8 Å². The minimum atomic E-state index is -0.800. The number of carbonyl (C=O) groups is 6. The van der Waals surface area contributed by atoms with Crippen molar-refractivity contribution >= 4 is 65.1 Å². The number of rotatable bonds is 17. The quantitative estimate of drug-likeness (QED) is 0.112. The Balaban J connectivity index is 1.25. The maximum Gasteiger partial charge on any atom is 0.407 e. The molecule has 0 bridgehead atoms. The largest absolute Gasteiger partial charge is 0.445 e. The van der Waals surface area contributed by atoms with Crippen LogP contribution in [0.5, 0.6) is 0 Å². The standard InChI is InChI=1S/C37H43N9O7/c1-3-11-46(12-4-2)36(51)28-14-26-7-8-27(15-31(26)45-32(38)16-28)35(50)44-30-13-25(17-39-19-30)18-41-33(48)21-42-37(52)53-22-24-5-9-29(10-6-24)43-34(49)20-40-23-47/h5-10,13-15,17,19,23H,3-4,11-12,16,18,20-22H2,1-2H3,(H2,38,45)(H,40,47)(H,41,48)(H,42,52)(H,43,49)(H,44,50). The summed E-state index contributed by atoms with van der Waals surface area (Å²) in [6.07, 6.45) is 6.30. The normalized spacial score (nSPS) is 11.7. The first-order valence-corrected chi connectivity index (χ1v) is 17.0. The van der Waals surface area contributed by atoms with Crippen molar-refractivity contribution in [2.24, 2.45) is 10.7 Å². The average molecular weight is 726 g/mol. The lowest BCUT2D eigenvalue weighted by atomic mass is 10.0. The van der Waals surface area contributed by atoms with Crippen LogP contribution in [0.3, 0.4) is 0 Å². The van der Waals surface area contributed by atoms with E-state index in [2.05, 4.69) is 36.6 Å². The van der Waals surface area contributed by atoms with Gasteiger partial charge in [-0.3, -0.25) is 29.0 Å². The molecule has 1 aliphatic rings. The minimum Gasteiger partial charge on any atom is -0.445 e. The first-order valence-electron chi connectivity index (χ1n) is 17.0. The van der Waals surface area contributed by atoms with Gasteiger partial charge < -0.3 is 42.0 Å². The lowest BCUT2D eigenvalue weighted by Gasteiger charge is -2.22. The third-order valence-electron chi connectivity index (χ3n) is 7.70. The Morgan fingerprint density at radius 3 is 2.34 bits per heavy atom. The number of fused-ring (bicyclic) bond motifs is 1. The molecule has 53 heavy (non-hydrogen) atoms. The second-order valence-corrected chi connectivity index (χ2v) is 12.0. The molecule has 0 saturated carbocycles. The lowest BCUT2D eigenvalue weighted by Crippen LogP contribution is -2.36. The molecule has 4 rings (SSSR count). The van der Waals surface area contributed by atoms with Crippen LogP contribution in [0.25, 0.3) is 6.08 Å². The Kier molecular flexibility index (Phi) is 14.6. The van der Waals surface area contributed by atoms with Crippen LogP contribution in [0, 0.1) is 0 Å². The summed E-state index contributed by atoms with van der Waals surface area (Å²) < 4.78 is 5.14. The summed E-state index contributed by atoms with van der Waals surface area (Å²) in [5.74, 6) is -1.08. The summed E-state index contributed by atoms with van der Waals surface area (Å²) in [7, 11) is 0. The Morgan fingerprint density at radius 2 is 1.62 bits per heavy atom. The number of ether oxygens (including phenoxy) is 1. The van der Waals surface area contributed by atoms with Crippen molar-refractivity contribution in [2.75, 3.05) is 36.8 Å². The number of aromatic nitrogens is 1. The zero-order valence-corrected chi connectivity index (χ0v) is 29.6. The molecule has 0 spiro atoms. The van der Waals surface area contributed by atoms with Crippen LogP contribution in [-0.2, 0) is 37.1 Å². The molecule has 2 heterocycles. The Bertz CT molecular complexity index is 1870. The Hall–Kier alpha value is -6.58. The summed E-state index contributed by atoms with van der Waals surface area (Å²) >= 11 is 0. The summed E-state index contributed by atoms with van der Waals surface area (Å²) in [6.45, 7) is 4.87. The van der Waals surface area contributed by atoms with Gasteiger partial charge in [-0.05, 0) is 60.4 Å². The fourth-order valence-corrected chi connectivity index (χ4v) is 5.22. The van der Waals surface area contributed by atoms with Crippen molar-refractivity contribution in [2.45, 2.75) is 46.3 Å². The highest BCUT2D eigenvalue weighted by atomic mass is 16.5. The molecular formula is C37H43N9O7. The number of amidine groups is 1. The number of nitrogens with zero attached hydrogens (tertiary/aromatic N) is 3. The van der Waals surface area contributed by atoms with E-state index in [1.54, 1.807) is 54.6 Å². The maximum atomic E-state index is 13.3. The van der Waals surface area contributed by atoms with Gasteiger partial charge in [0.2, 0.25) is 24.1 Å². The average Bonchev–Trinajstić information content (AvgIpc) is 3.32. The molecule has 1 aromatic heterocycles. The van der Waals surface area contributed by atoms with Crippen LogP contribution >= 0.6 is 0 Å². The number of alkyl carbamates (subject to hydrolysis) is 1. The van der Waals surface area contributed by atoms with Gasteiger partial charge in [0.25, 0.3) is 5.91 Å². The van der Waals surface area contributed by atoms with E-state index in [4.69, 9.17) is 10.5 Å². The summed E-state index contributed by atoms with van der Waals surface area (Å²) in [6, 6.07) is 13.2. The van der Waals surface area contributed by atoms with Crippen LogP contribution in [0.1, 0.15) is 60.2 Å². The number of anilines is 2. The Morgan fingerprint density at radius 1 is 0.868 bits per heavy atom. The van der Waals surface area contributed by atoms with Gasteiger partial charge in [0.15, 0.2) is 0 Å². The van der Waals surface area contributed by atoms with Crippen LogP contribution in [0.4, 0.5) is 21.9 Å². The fourth-order valence-electron chi connectivity index (χ4n) is 5.22. The van der Waals surface area contributed by atoms with Crippen LogP contribution < -0.4 is 32.3 Å². The van der Waals surface area contributed by atoms with Crippen molar-refractivity contribution in [1.29, 1.82) is 0 Å². The van der Waals surface area contributed by atoms with Gasteiger partial charge in [0, 0.05) is 54.6 Å². The zero-order chi connectivity index (χ0) is 38.2. The van der Waals surface area contributed by atoms with Gasteiger partial charge in [-0.25, -0.2) is 9.79 Å². The van der Waals surface area contributed by atoms with E-state index in [1.807, 2.05) is 18.7 Å². The number of amides is 6. The molecule has 1 aliphatic heterocycles. The highest BCUT2D eigenvalue weighted by Crippen LogP contribution is 2.29. The van der Waals surface area contributed by atoms with Crippen molar-refractivity contribution in [3.63, 3.8) is 0 Å². The predicted molar refractivity (Wildman–Crippen MR) is 199 cm³/mol. The van der Waals surface area contributed by atoms with E-state index >= 15 is 0 Å². The molecule has 0 radical (unpaired) electrons. The molecule has 0 atom stereocenters. The molecule has 2 aromatic carbocycles. The van der Waals surface area contributed by atoms with Crippen LogP contribution in [-0.4, -0.2) is 78.0 Å². The van der Waals surface area contributed by atoms with Gasteiger partial charge in [-0.15, -0.1) is 0 Å². The van der Waals surface area contributed by atoms with E-state index in [-0.39, 0.29) is 44.4 Å². The van der Waals surface area contributed by atoms with Gasteiger partial charge >= 0.3 is 6.09 Å². The molecule has 6 amide bonds. The van der Waals surface area contributed by atoms with Gasteiger partial charge in [0.05, 0.1) is 24.1 Å². The number of pyridine rings is 1. The van der Waals surface area contributed by atoms with E-state index in [9.17, 15) is 28.8 Å². The molecule has 0 aliphatic carbocycles. The maximum absolute atomic E-state index is 13.3. The van der Waals surface area contributed by atoms with Crippen molar-refractivity contribution < 1.29 is 33.5 Å². The first-order chi connectivity index (χ1) is 25.6. The molecule has 0 saturated heterocycles. The summed E-state index contributed by atoms with van der Waals surface area (Å²) in [5.41, 5.74) is 10.4. The van der Waals surface area contributed by atoms with Crippen molar-refractivity contribution in [3.05, 3.63) is 88.8 Å². The first kappa shape index (κ1) is 39.2. The molecule has 278 valence electrons. The number of carbonyl (C=O) groups excluding carboxylic acids is 6. The number of nitrogens with two attached hydrogens (primary N) is 1. The minimum absolute atomic E-state index is 0.0681. The molecular weight excluding hydrogens is 682 g/mol. The van der Waals surface area contributed by atoms with Crippen LogP contribution in [0.15, 0.2) is 71.5 Å². The summed E-state index contributed by atoms with van der Waals surface area (Å²) in [4.78, 5) is 83.3. The number of nitrogens with one attached hydrogen (secondary N) is 5. The molecule has 7 N–H and O–H groups in total. The second kappa shape index (κ2) is 19.7. The van der Waals surface area contributed by atoms with E-state index in [1.165, 1.54) is 12.4 Å². The zero-order valence-electron chi connectivity index (χ0n) is 29.6. The molecule has 3 aromatic rings. The number of hydrogen-bond acceptors (Lipinski definition) is 10.